The fourth-order valence-electron chi connectivity index (χ4n) is 6.13. The quantitative estimate of drug-likeness (QED) is 0.145. The lowest BCUT2D eigenvalue weighted by Crippen LogP contribution is -2.44. The van der Waals surface area contributed by atoms with Crippen LogP contribution in [-0.4, -0.2) is 72.0 Å². The number of allylic oxidation sites excluding steroid dienone is 1. The van der Waals surface area contributed by atoms with E-state index in [1.807, 2.05) is 31.3 Å². The normalized spacial score (nSPS) is 20.7. The van der Waals surface area contributed by atoms with Gasteiger partial charge in [0.2, 0.25) is 5.91 Å². The van der Waals surface area contributed by atoms with E-state index >= 15 is 0 Å². The van der Waals surface area contributed by atoms with Crippen LogP contribution in [0.3, 0.4) is 0 Å². The maximum absolute atomic E-state index is 11.4. The van der Waals surface area contributed by atoms with Crippen LogP contribution in [0.4, 0.5) is 5.69 Å². The van der Waals surface area contributed by atoms with Crippen LogP contribution in [-0.2, 0) is 16.0 Å². The molecular formula is C35H49ClN2O6. The molecule has 2 aliphatic rings. The van der Waals surface area contributed by atoms with Gasteiger partial charge in [-0.25, -0.2) is 0 Å². The maximum atomic E-state index is 11.4. The number of aliphatic hydroxyl groups excluding tert-OH is 2. The van der Waals surface area contributed by atoms with Gasteiger partial charge in [0, 0.05) is 44.5 Å². The molecule has 2 aromatic rings. The third-order valence-corrected chi connectivity index (χ3v) is 9.09. The molecule has 8 nitrogen and oxygen atoms in total. The van der Waals surface area contributed by atoms with Gasteiger partial charge in [-0.15, -0.1) is 0 Å². The molecule has 9 heteroatoms. The van der Waals surface area contributed by atoms with Crippen molar-refractivity contribution in [1.29, 1.82) is 0 Å². The van der Waals surface area contributed by atoms with Gasteiger partial charge in [0.05, 0.1) is 24.5 Å². The molecule has 1 fully saturated rings. The highest BCUT2D eigenvalue weighted by Crippen LogP contribution is 2.43. The van der Waals surface area contributed by atoms with Crippen molar-refractivity contribution in [2.24, 2.45) is 11.8 Å². The molecule has 2 aromatic carbocycles. The third kappa shape index (κ3) is 9.71. The van der Waals surface area contributed by atoms with Gasteiger partial charge in [-0.1, -0.05) is 49.2 Å². The van der Waals surface area contributed by atoms with E-state index in [2.05, 4.69) is 36.1 Å². The standard InChI is InChI=1S/C34H47ClN2O4.CH2O2/c1-5-9-26-18-29(35)13-15-30(26)28-21-37(32-19-25(23(2)38)12-16-34(32)41-22-28)20-27-11-14-31(27)33(40)10-7-6-8-17-36(4)24(3)39;2-1-3/h7,10,12-13,15-16,18-19,23,27-28,31,33,38,40H,5-6,8-9,11,14,17,20-22H2,1-4H3;1H,(H,2,3)/b10-7-;. The molecule has 44 heavy (non-hydrogen) atoms. The van der Waals surface area contributed by atoms with E-state index in [-0.39, 0.29) is 24.2 Å². The first-order chi connectivity index (χ1) is 21.1. The van der Waals surface area contributed by atoms with Crippen LogP contribution < -0.4 is 9.64 Å². The molecule has 1 aliphatic carbocycles. The lowest BCUT2D eigenvalue weighted by molar-refractivity contribution is -0.127. The minimum Gasteiger partial charge on any atom is -0.491 e. The van der Waals surface area contributed by atoms with Crippen molar-refractivity contribution in [2.45, 2.75) is 77.4 Å². The van der Waals surface area contributed by atoms with E-state index in [4.69, 9.17) is 26.2 Å². The molecule has 3 N–H and O–H groups in total. The van der Waals surface area contributed by atoms with Crippen LogP contribution in [0.5, 0.6) is 5.75 Å². The van der Waals surface area contributed by atoms with E-state index in [9.17, 15) is 15.0 Å². The molecule has 1 saturated carbocycles. The molecule has 242 valence electrons. The number of benzene rings is 2. The van der Waals surface area contributed by atoms with Crippen LogP contribution in [0.2, 0.25) is 5.02 Å². The van der Waals surface area contributed by atoms with E-state index in [0.717, 1.165) is 80.2 Å². The molecule has 0 bridgehead atoms. The smallest absolute Gasteiger partial charge is 0.290 e. The predicted molar refractivity (Wildman–Crippen MR) is 176 cm³/mol. The zero-order valence-electron chi connectivity index (χ0n) is 26.5. The summed E-state index contributed by atoms with van der Waals surface area (Å²) >= 11 is 6.38. The van der Waals surface area contributed by atoms with Gasteiger partial charge in [-0.3, -0.25) is 9.59 Å². The number of rotatable bonds is 12. The number of carboxylic acid groups (broad SMARTS) is 1. The van der Waals surface area contributed by atoms with E-state index < -0.39 is 12.2 Å². The van der Waals surface area contributed by atoms with Gasteiger partial charge in [-0.2, -0.15) is 0 Å². The summed E-state index contributed by atoms with van der Waals surface area (Å²) in [4.78, 5) is 23.9. The molecule has 5 unspecified atom stereocenters. The summed E-state index contributed by atoms with van der Waals surface area (Å²) in [5, 5.41) is 29.0. The first kappa shape index (κ1) is 35.4. The van der Waals surface area contributed by atoms with Crippen LogP contribution in [0.1, 0.15) is 81.6 Å². The van der Waals surface area contributed by atoms with E-state index in [0.29, 0.717) is 12.5 Å². The number of fused-ring (bicyclic) bond motifs is 1. The number of carbonyl (C=O) groups is 2. The molecule has 0 saturated heterocycles. The van der Waals surface area contributed by atoms with Gasteiger partial charge >= 0.3 is 0 Å². The molecule has 0 spiro atoms. The van der Waals surface area contributed by atoms with E-state index in [1.165, 1.54) is 11.1 Å². The summed E-state index contributed by atoms with van der Waals surface area (Å²) < 4.78 is 6.42. The van der Waals surface area contributed by atoms with Crippen molar-refractivity contribution in [3.05, 3.63) is 70.3 Å². The van der Waals surface area contributed by atoms with Gasteiger partial charge in [-0.05, 0) is 91.8 Å². The van der Waals surface area contributed by atoms with Gasteiger partial charge in [0.1, 0.15) is 5.75 Å². The number of carbonyl (C=O) groups excluding carboxylic acids is 1. The van der Waals surface area contributed by atoms with Crippen LogP contribution >= 0.6 is 11.6 Å². The average Bonchev–Trinajstić information content (AvgIpc) is 3.14. The summed E-state index contributed by atoms with van der Waals surface area (Å²) in [5.41, 5.74) is 4.45. The summed E-state index contributed by atoms with van der Waals surface area (Å²) in [6, 6.07) is 12.2. The molecule has 1 heterocycles. The SMILES string of the molecule is CCCc1cc(Cl)ccc1C1COc2ccc(C(C)O)cc2N(CC2CCC2C(O)/C=C\CCCN(C)C(C)=O)C1.O=CO. The number of hydrogen-bond acceptors (Lipinski definition) is 6. The second kappa shape index (κ2) is 17.4. The molecule has 1 amide bonds. The molecule has 1 aliphatic heterocycles. The van der Waals surface area contributed by atoms with Crippen molar-refractivity contribution in [1.82, 2.24) is 4.90 Å². The van der Waals surface area contributed by atoms with Crippen molar-refractivity contribution in [2.75, 3.05) is 38.2 Å². The van der Waals surface area contributed by atoms with Crippen molar-refractivity contribution >= 4 is 29.7 Å². The Morgan fingerprint density at radius 2 is 1.95 bits per heavy atom. The Hall–Kier alpha value is -3.07. The number of aryl methyl sites for hydroxylation is 1. The van der Waals surface area contributed by atoms with Gasteiger partial charge in [0.25, 0.3) is 6.47 Å². The number of ether oxygens (including phenoxy) is 1. The van der Waals surface area contributed by atoms with Crippen LogP contribution in [0, 0.1) is 11.8 Å². The number of nitrogens with zero attached hydrogens (tertiary/aromatic N) is 2. The van der Waals surface area contributed by atoms with Crippen molar-refractivity contribution < 1.29 is 29.6 Å². The van der Waals surface area contributed by atoms with Gasteiger partial charge in [0.15, 0.2) is 0 Å². The Morgan fingerprint density at radius 3 is 2.59 bits per heavy atom. The second-order valence-electron chi connectivity index (χ2n) is 12.0. The lowest BCUT2D eigenvalue weighted by atomic mass is 9.70. The summed E-state index contributed by atoms with van der Waals surface area (Å²) in [5.74, 6) is 1.67. The fourth-order valence-corrected chi connectivity index (χ4v) is 6.32. The summed E-state index contributed by atoms with van der Waals surface area (Å²) in [6.07, 6.45) is 8.80. The first-order valence-corrected chi connectivity index (χ1v) is 16.1. The first-order valence-electron chi connectivity index (χ1n) is 15.7. The average molecular weight is 629 g/mol. The Bertz CT molecular complexity index is 1250. The molecule has 0 radical (unpaired) electrons. The highest BCUT2D eigenvalue weighted by Gasteiger charge is 2.38. The third-order valence-electron chi connectivity index (χ3n) is 8.86. The van der Waals surface area contributed by atoms with Gasteiger partial charge < -0.3 is 29.9 Å². The zero-order chi connectivity index (χ0) is 32.2. The van der Waals surface area contributed by atoms with Crippen LogP contribution in [0.15, 0.2) is 48.6 Å². The maximum Gasteiger partial charge on any atom is 0.290 e. The minimum absolute atomic E-state index is 0.0762. The van der Waals surface area contributed by atoms with E-state index in [1.54, 1.807) is 18.7 Å². The number of anilines is 1. The molecule has 4 rings (SSSR count). The summed E-state index contributed by atoms with van der Waals surface area (Å²) in [6.45, 7) is 8.24. The monoisotopic (exact) mass is 628 g/mol. The Kier molecular flexibility index (Phi) is 14.0. The summed E-state index contributed by atoms with van der Waals surface area (Å²) in [7, 11) is 1.82. The number of unbranched alkanes of at least 4 members (excludes halogenated alkanes) is 1. The zero-order valence-corrected chi connectivity index (χ0v) is 27.2. The highest BCUT2D eigenvalue weighted by atomic mass is 35.5. The van der Waals surface area contributed by atoms with Crippen molar-refractivity contribution in [3.8, 4) is 5.75 Å². The Labute approximate surface area is 267 Å². The largest absolute Gasteiger partial charge is 0.491 e. The Balaban J connectivity index is 0.00000169. The number of amides is 1. The number of aliphatic hydroxyl groups is 2. The number of halogens is 1. The topological polar surface area (TPSA) is 111 Å². The highest BCUT2D eigenvalue weighted by molar-refractivity contribution is 6.30. The molecular weight excluding hydrogens is 580 g/mol. The predicted octanol–water partition coefficient (Wildman–Crippen LogP) is 6.23. The molecule has 5 atom stereocenters. The molecule has 0 aromatic heterocycles. The minimum atomic E-state index is -0.563. The second-order valence-corrected chi connectivity index (χ2v) is 12.5. The van der Waals surface area contributed by atoms with Crippen molar-refractivity contribution in [3.63, 3.8) is 0 Å². The van der Waals surface area contributed by atoms with Crippen LogP contribution in [0.25, 0.3) is 0 Å². The fraction of sp³-hybridized carbons (Fsp3) is 0.543. The Morgan fingerprint density at radius 1 is 1.20 bits per heavy atom. The lowest BCUT2D eigenvalue weighted by Gasteiger charge is -2.42. The number of hydrogen-bond donors (Lipinski definition) is 3.